The molecule has 0 spiro atoms. The van der Waals surface area contributed by atoms with Crippen LogP contribution in [-0.2, 0) is 17.9 Å². The second-order valence-corrected chi connectivity index (χ2v) is 5.22. The molecule has 1 aliphatic rings. The third-order valence-corrected chi connectivity index (χ3v) is 3.22. The second kappa shape index (κ2) is 6.63. The van der Waals surface area contributed by atoms with E-state index in [4.69, 9.17) is 9.15 Å². The zero-order valence-electron chi connectivity index (χ0n) is 11.6. The van der Waals surface area contributed by atoms with Crippen LogP contribution in [0.5, 0.6) is 0 Å². The van der Waals surface area contributed by atoms with Gasteiger partial charge in [0.1, 0.15) is 18.1 Å². The molecule has 0 atom stereocenters. The lowest BCUT2D eigenvalue weighted by Crippen LogP contribution is -2.15. The highest BCUT2D eigenvalue weighted by molar-refractivity contribution is 5.20. The minimum atomic E-state index is -4.10. The summed E-state index contributed by atoms with van der Waals surface area (Å²) in [6, 6.07) is 2.54. The average molecular weight is 291 g/mol. The van der Waals surface area contributed by atoms with Gasteiger partial charge < -0.3 is 14.5 Å². The maximum atomic E-state index is 11.9. The van der Waals surface area contributed by atoms with Gasteiger partial charge in [-0.15, -0.1) is 0 Å². The topological polar surface area (TPSA) is 34.4 Å². The Morgan fingerprint density at radius 1 is 1.40 bits per heavy atom. The molecule has 1 aliphatic carbocycles. The molecule has 20 heavy (non-hydrogen) atoms. The fraction of sp³-hybridized carbons (Fsp3) is 0.714. The van der Waals surface area contributed by atoms with Crippen LogP contribution in [0.25, 0.3) is 0 Å². The van der Waals surface area contributed by atoms with Crippen molar-refractivity contribution < 1.29 is 22.3 Å². The highest BCUT2D eigenvalue weighted by atomic mass is 19.4. The fourth-order valence-electron chi connectivity index (χ4n) is 1.92. The lowest BCUT2D eigenvalue weighted by molar-refractivity contribution is -0.138. The SMILES string of the molecule is Cc1oc(COCCCC(F)(F)F)cc1CNC1CC1. The van der Waals surface area contributed by atoms with Gasteiger partial charge in [0.05, 0.1) is 0 Å². The first-order valence-corrected chi connectivity index (χ1v) is 6.90. The summed E-state index contributed by atoms with van der Waals surface area (Å²) in [5, 5.41) is 3.39. The molecule has 1 heterocycles. The Bertz CT molecular complexity index is 425. The van der Waals surface area contributed by atoms with E-state index >= 15 is 0 Å². The van der Waals surface area contributed by atoms with E-state index in [9.17, 15) is 13.2 Å². The van der Waals surface area contributed by atoms with E-state index in [1.54, 1.807) is 0 Å². The first-order chi connectivity index (χ1) is 9.44. The molecule has 1 aromatic heterocycles. The molecular formula is C14H20F3NO2. The van der Waals surface area contributed by atoms with E-state index in [-0.39, 0.29) is 19.6 Å². The fourth-order valence-corrected chi connectivity index (χ4v) is 1.92. The van der Waals surface area contributed by atoms with E-state index in [2.05, 4.69) is 5.32 Å². The Morgan fingerprint density at radius 3 is 2.80 bits per heavy atom. The summed E-state index contributed by atoms with van der Waals surface area (Å²) in [5.41, 5.74) is 1.09. The van der Waals surface area contributed by atoms with E-state index in [0.29, 0.717) is 11.8 Å². The Morgan fingerprint density at radius 2 is 2.15 bits per heavy atom. The van der Waals surface area contributed by atoms with Gasteiger partial charge in [-0.2, -0.15) is 13.2 Å². The van der Waals surface area contributed by atoms with E-state index in [0.717, 1.165) is 17.9 Å². The molecule has 0 bridgehead atoms. The van der Waals surface area contributed by atoms with E-state index in [1.165, 1.54) is 12.8 Å². The highest BCUT2D eigenvalue weighted by Crippen LogP contribution is 2.22. The molecule has 1 fully saturated rings. The summed E-state index contributed by atoms with van der Waals surface area (Å²) in [6.07, 6.45) is -2.47. The zero-order chi connectivity index (χ0) is 14.6. The summed E-state index contributed by atoms with van der Waals surface area (Å²) in [5.74, 6) is 1.51. The van der Waals surface area contributed by atoms with Gasteiger partial charge in [-0.3, -0.25) is 0 Å². The number of hydrogen-bond donors (Lipinski definition) is 1. The Kier molecular flexibility index (Phi) is 5.10. The molecule has 3 nitrogen and oxygen atoms in total. The number of ether oxygens (including phenoxy) is 1. The maximum Gasteiger partial charge on any atom is 0.389 e. The van der Waals surface area contributed by atoms with Crippen molar-refractivity contribution in [3.05, 3.63) is 23.2 Å². The van der Waals surface area contributed by atoms with Crippen LogP contribution in [0.1, 0.15) is 42.8 Å². The third kappa shape index (κ3) is 5.54. The molecule has 1 saturated carbocycles. The van der Waals surface area contributed by atoms with Crippen molar-refractivity contribution in [1.82, 2.24) is 5.32 Å². The normalized spacial score (nSPS) is 15.8. The van der Waals surface area contributed by atoms with Crippen LogP contribution in [0.4, 0.5) is 13.2 Å². The molecular weight excluding hydrogens is 271 g/mol. The molecule has 114 valence electrons. The van der Waals surface area contributed by atoms with Crippen LogP contribution in [-0.4, -0.2) is 18.8 Å². The van der Waals surface area contributed by atoms with Gasteiger partial charge in [0, 0.05) is 31.2 Å². The van der Waals surface area contributed by atoms with Gasteiger partial charge in [0.25, 0.3) is 0 Å². The van der Waals surface area contributed by atoms with Crippen molar-refractivity contribution in [2.45, 2.75) is 58.0 Å². The molecule has 0 aliphatic heterocycles. The number of aryl methyl sites for hydroxylation is 1. The molecule has 1 aromatic rings. The summed E-state index contributed by atoms with van der Waals surface area (Å²) in [4.78, 5) is 0. The third-order valence-electron chi connectivity index (χ3n) is 3.22. The lowest BCUT2D eigenvalue weighted by atomic mass is 10.2. The number of hydrogen-bond acceptors (Lipinski definition) is 3. The van der Waals surface area contributed by atoms with Crippen molar-refractivity contribution >= 4 is 0 Å². The highest BCUT2D eigenvalue weighted by Gasteiger charge is 2.26. The maximum absolute atomic E-state index is 11.9. The molecule has 6 heteroatoms. The van der Waals surface area contributed by atoms with Crippen molar-refractivity contribution in [2.75, 3.05) is 6.61 Å². The molecule has 0 saturated heterocycles. The smallest absolute Gasteiger partial charge is 0.389 e. The number of nitrogens with one attached hydrogen (secondary N) is 1. The second-order valence-electron chi connectivity index (χ2n) is 5.22. The molecule has 0 amide bonds. The van der Waals surface area contributed by atoms with Crippen LogP contribution in [0.2, 0.25) is 0 Å². The van der Waals surface area contributed by atoms with Crippen molar-refractivity contribution in [1.29, 1.82) is 0 Å². The van der Waals surface area contributed by atoms with Gasteiger partial charge in [-0.25, -0.2) is 0 Å². The van der Waals surface area contributed by atoms with Crippen molar-refractivity contribution in [3.8, 4) is 0 Å². The summed E-state index contributed by atoms with van der Waals surface area (Å²) >= 11 is 0. The Labute approximate surface area is 116 Å². The van der Waals surface area contributed by atoms with Crippen LogP contribution in [0.3, 0.4) is 0 Å². The van der Waals surface area contributed by atoms with Crippen molar-refractivity contribution in [2.24, 2.45) is 0 Å². The van der Waals surface area contributed by atoms with Crippen LogP contribution >= 0.6 is 0 Å². The number of furan rings is 1. The van der Waals surface area contributed by atoms with Gasteiger partial charge in [-0.1, -0.05) is 0 Å². The number of halogens is 3. The van der Waals surface area contributed by atoms with Crippen LogP contribution < -0.4 is 5.32 Å². The summed E-state index contributed by atoms with van der Waals surface area (Å²) in [7, 11) is 0. The lowest BCUT2D eigenvalue weighted by Gasteiger charge is -2.05. The average Bonchev–Trinajstić information content (AvgIpc) is 3.10. The first kappa shape index (κ1) is 15.4. The zero-order valence-corrected chi connectivity index (χ0v) is 11.6. The first-order valence-electron chi connectivity index (χ1n) is 6.90. The van der Waals surface area contributed by atoms with Crippen LogP contribution in [0.15, 0.2) is 10.5 Å². The molecule has 0 radical (unpaired) electrons. The van der Waals surface area contributed by atoms with E-state index in [1.807, 2.05) is 13.0 Å². The monoisotopic (exact) mass is 291 g/mol. The predicted molar refractivity (Wildman–Crippen MR) is 68.3 cm³/mol. The Hall–Kier alpha value is -1.01. The predicted octanol–water partition coefficient (Wildman–Crippen LogP) is 3.70. The van der Waals surface area contributed by atoms with Gasteiger partial charge in [-0.05, 0) is 32.3 Å². The van der Waals surface area contributed by atoms with Crippen LogP contribution in [0, 0.1) is 6.92 Å². The number of rotatable bonds is 8. The minimum Gasteiger partial charge on any atom is -0.464 e. The van der Waals surface area contributed by atoms with E-state index < -0.39 is 12.6 Å². The van der Waals surface area contributed by atoms with Gasteiger partial charge in [0.2, 0.25) is 0 Å². The summed E-state index contributed by atoms with van der Waals surface area (Å²) < 4.78 is 46.5. The number of alkyl halides is 3. The molecule has 2 rings (SSSR count). The quantitative estimate of drug-likeness (QED) is 0.742. The van der Waals surface area contributed by atoms with Crippen molar-refractivity contribution in [3.63, 3.8) is 0 Å². The Balaban J connectivity index is 1.66. The molecule has 0 unspecified atom stereocenters. The van der Waals surface area contributed by atoms with Gasteiger partial charge in [0.15, 0.2) is 0 Å². The standard InChI is InChI=1S/C14H20F3NO2/c1-10-11(8-18-12-3-4-12)7-13(20-10)9-19-6-2-5-14(15,16)17/h7,12,18H,2-6,8-9H2,1H3. The summed E-state index contributed by atoms with van der Waals surface area (Å²) in [6.45, 7) is 2.97. The molecule has 0 aromatic carbocycles. The minimum absolute atomic E-state index is 0.0146. The largest absolute Gasteiger partial charge is 0.464 e. The molecule has 1 N–H and O–H groups in total. The van der Waals surface area contributed by atoms with Gasteiger partial charge >= 0.3 is 6.18 Å².